The van der Waals surface area contributed by atoms with Crippen LogP contribution in [0, 0.1) is 17.4 Å². The molecule has 0 atom stereocenters. The van der Waals surface area contributed by atoms with Crippen LogP contribution in [0.2, 0.25) is 0 Å². The lowest BCUT2D eigenvalue weighted by Crippen LogP contribution is -2.40. The summed E-state index contributed by atoms with van der Waals surface area (Å²) in [6, 6.07) is 21.1. The van der Waals surface area contributed by atoms with E-state index in [1.165, 1.54) is 18.3 Å². The quantitative estimate of drug-likeness (QED) is 0.273. The first-order valence-electron chi connectivity index (χ1n) is 9.50. The molecule has 0 spiro atoms. The Morgan fingerprint density at radius 1 is 1.03 bits per heavy atom. The average molecular weight is 547 g/mol. The van der Waals surface area contributed by atoms with E-state index in [0.717, 1.165) is 24.6 Å². The van der Waals surface area contributed by atoms with E-state index in [9.17, 15) is 13.2 Å². The minimum Gasteiger partial charge on any atom is -0.271 e. The molecule has 3 aromatic carbocycles. The van der Waals surface area contributed by atoms with E-state index >= 15 is 0 Å². The number of sulfonamides is 1. The largest absolute Gasteiger partial charge is 0.271 e. The molecule has 8 heteroatoms. The zero-order valence-corrected chi connectivity index (χ0v) is 20.1. The molecule has 3 rings (SSSR count). The van der Waals surface area contributed by atoms with Crippen LogP contribution < -0.4 is 9.73 Å². The van der Waals surface area contributed by atoms with Gasteiger partial charge in [-0.25, -0.2) is 13.8 Å². The maximum atomic E-state index is 13.3. The highest BCUT2D eigenvalue weighted by Gasteiger charge is 2.28. The van der Waals surface area contributed by atoms with Crippen LogP contribution in [0.1, 0.15) is 16.7 Å². The highest BCUT2D eigenvalue weighted by molar-refractivity contribution is 14.1. The molecule has 1 amide bonds. The number of hydrazone groups is 1. The number of halogens is 1. The van der Waals surface area contributed by atoms with E-state index in [2.05, 4.69) is 33.1 Å². The Bertz CT molecular complexity index is 1190. The maximum Gasteiger partial charge on any atom is 0.264 e. The summed E-state index contributed by atoms with van der Waals surface area (Å²) in [5, 5.41) is 3.96. The van der Waals surface area contributed by atoms with Gasteiger partial charge in [0.1, 0.15) is 6.54 Å². The normalized spacial score (nSPS) is 11.5. The number of hydrogen-bond acceptors (Lipinski definition) is 4. The highest BCUT2D eigenvalue weighted by atomic mass is 127. The van der Waals surface area contributed by atoms with Crippen LogP contribution in [0.3, 0.4) is 0 Å². The van der Waals surface area contributed by atoms with Crippen molar-refractivity contribution < 1.29 is 13.2 Å². The Hall–Kier alpha value is -2.72. The van der Waals surface area contributed by atoms with Crippen molar-refractivity contribution in [2.45, 2.75) is 18.7 Å². The SMILES string of the molecule is Cc1ccc(N(CC(=O)NN=Cc2ccc(I)cc2)S(=O)(=O)c2ccccc2)c(C)c1. The number of benzene rings is 3. The molecule has 0 heterocycles. The van der Waals surface area contributed by atoms with E-state index in [1.54, 1.807) is 24.3 Å². The number of hydrogen-bond donors (Lipinski definition) is 1. The number of amides is 1. The van der Waals surface area contributed by atoms with Gasteiger partial charge in [-0.1, -0.05) is 48.0 Å². The molecule has 0 saturated heterocycles. The van der Waals surface area contributed by atoms with Crippen molar-refractivity contribution >= 4 is 50.4 Å². The number of nitrogens with one attached hydrogen (secondary N) is 1. The summed E-state index contributed by atoms with van der Waals surface area (Å²) in [4.78, 5) is 12.7. The minimum absolute atomic E-state index is 0.116. The van der Waals surface area contributed by atoms with Gasteiger partial charge < -0.3 is 0 Å². The smallest absolute Gasteiger partial charge is 0.264 e. The van der Waals surface area contributed by atoms with Crippen molar-refractivity contribution in [3.63, 3.8) is 0 Å². The monoisotopic (exact) mass is 547 g/mol. The molecular weight excluding hydrogens is 525 g/mol. The molecule has 0 fully saturated rings. The van der Waals surface area contributed by atoms with Crippen LogP contribution in [-0.2, 0) is 14.8 Å². The van der Waals surface area contributed by atoms with Crippen molar-refractivity contribution in [2.75, 3.05) is 10.8 Å². The van der Waals surface area contributed by atoms with E-state index in [1.807, 2.05) is 50.2 Å². The zero-order chi connectivity index (χ0) is 22.4. The third-order valence-corrected chi connectivity index (χ3v) is 7.01. The summed E-state index contributed by atoms with van der Waals surface area (Å²) in [5.41, 5.74) is 5.46. The van der Waals surface area contributed by atoms with Gasteiger partial charge in [0.2, 0.25) is 0 Å². The molecule has 31 heavy (non-hydrogen) atoms. The van der Waals surface area contributed by atoms with E-state index < -0.39 is 22.5 Å². The standard InChI is InChI=1S/C23H22IN3O3S/c1-17-8-13-22(18(2)14-17)27(31(29,30)21-6-4-3-5-7-21)16-23(28)26-25-15-19-9-11-20(24)12-10-19/h3-15H,16H2,1-2H3,(H,26,28). The first-order valence-corrected chi connectivity index (χ1v) is 12.0. The van der Waals surface area contributed by atoms with Gasteiger partial charge in [-0.3, -0.25) is 9.10 Å². The Kier molecular flexibility index (Phi) is 7.45. The van der Waals surface area contributed by atoms with E-state index in [0.29, 0.717) is 5.69 Å². The molecule has 3 aromatic rings. The summed E-state index contributed by atoms with van der Waals surface area (Å²) < 4.78 is 28.9. The summed E-state index contributed by atoms with van der Waals surface area (Å²) in [5.74, 6) is -0.541. The van der Waals surface area contributed by atoms with Crippen LogP contribution in [0.5, 0.6) is 0 Å². The van der Waals surface area contributed by atoms with Gasteiger partial charge >= 0.3 is 0 Å². The average Bonchev–Trinajstić information content (AvgIpc) is 2.74. The van der Waals surface area contributed by atoms with Crippen molar-refractivity contribution in [1.29, 1.82) is 0 Å². The second-order valence-corrected chi connectivity index (χ2v) is 10.1. The number of nitrogens with zero attached hydrogens (tertiary/aromatic N) is 2. The van der Waals surface area contributed by atoms with Crippen LogP contribution in [0.15, 0.2) is 82.8 Å². The van der Waals surface area contributed by atoms with Gasteiger partial charge in [0, 0.05) is 3.57 Å². The summed E-state index contributed by atoms with van der Waals surface area (Å²) in [6.45, 7) is 3.35. The van der Waals surface area contributed by atoms with Crippen LogP contribution in [-0.4, -0.2) is 27.1 Å². The van der Waals surface area contributed by atoms with Gasteiger partial charge in [-0.05, 0) is 77.9 Å². The first kappa shape index (κ1) is 23.0. The molecule has 0 aliphatic heterocycles. The molecular formula is C23H22IN3O3S. The third kappa shape index (κ3) is 5.92. The molecule has 0 bridgehead atoms. The summed E-state index contributed by atoms with van der Waals surface area (Å²) in [6.07, 6.45) is 1.52. The predicted molar refractivity (Wildman–Crippen MR) is 132 cm³/mol. The fourth-order valence-corrected chi connectivity index (χ4v) is 4.86. The van der Waals surface area contributed by atoms with Gasteiger partial charge in [0.15, 0.2) is 0 Å². The Morgan fingerprint density at radius 3 is 2.35 bits per heavy atom. The molecule has 0 saturated carbocycles. The first-order chi connectivity index (χ1) is 14.8. The molecule has 160 valence electrons. The van der Waals surface area contributed by atoms with E-state index in [4.69, 9.17) is 0 Å². The number of rotatable bonds is 7. The summed E-state index contributed by atoms with van der Waals surface area (Å²) >= 11 is 2.20. The number of carbonyl (C=O) groups excluding carboxylic acids is 1. The van der Waals surface area contributed by atoms with Crippen LogP contribution in [0.25, 0.3) is 0 Å². The fourth-order valence-electron chi connectivity index (χ4n) is 3.00. The van der Waals surface area contributed by atoms with E-state index in [-0.39, 0.29) is 4.90 Å². The van der Waals surface area contributed by atoms with Gasteiger partial charge in [-0.15, -0.1) is 0 Å². The zero-order valence-electron chi connectivity index (χ0n) is 17.1. The molecule has 0 unspecified atom stereocenters. The van der Waals surface area contributed by atoms with Crippen LogP contribution in [0.4, 0.5) is 5.69 Å². The Morgan fingerprint density at radius 2 is 1.71 bits per heavy atom. The van der Waals surface area contributed by atoms with Gasteiger partial charge in [-0.2, -0.15) is 5.10 Å². The number of aryl methyl sites for hydroxylation is 2. The van der Waals surface area contributed by atoms with Crippen molar-refractivity contribution in [3.8, 4) is 0 Å². The van der Waals surface area contributed by atoms with Crippen molar-refractivity contribution in [1.82, 2.24) is 5.43 Å². The Balaban J connectivity index is 1.86. The highest BCUT2D eigenvalue weighted by Crippen LogP contribution is 2.27. The van der Waals surface area contributed by atoms with Crippen molar-refractivity contribution in [2.24, 2.45) is 5.10 Å². The number of anilines is 1. The lowest BCUT2D eigenvalue weighted by atomic mass is 10.1. The second-order valence-electron chi connectivity index (χ2n) is 6.96. The topological polar surface area (TPSA) is 78.8 Å². The third-order valence-electron chi connectivity index (χ3n) is 4.51. The second kappa shape index (κ2) is 10.1. The lowest BCUT2D eigenvalue weighted by molar-refractivity contribution is -0.119. The Labute approximate surface area is 196 Å². The van der Waals surface area contributed by atoms with Gasteiger partial charge in [0.25, 0.3) is 15.9 Å². The minimum atomic E-state index is -3.95. The predicted octanol–water partition coefficient (Wildman–Crippen LogP) is 4.25. The van der Waals surface area contributed by atoms with Gasteiger partial charge in [0.05, 0.1) is 16.8 Å². The molecule has 0 aromatic heterocycles. The van der Waals surface area contributed by atoms with Crippen LogP contribution >= 0.6 is 22.6 Å². The number of carbonyl (C=O) groups is 1. The fraction of sp³-hybridized carbons (Fsp3) is 0.130. The summed E-state index contributed by atoms with van der Waals surface area (Å²) in [7, 11) is -3.95. The maximum absolute atomic E-state index is 13.3. The molecule has 6 nitrogen and oxygen atoms in total. The molecule has 0 aliphatic rings. The van der Waals surface area contributed by atoms with Crippen molar-refractivity contribution in [3.05, 3.63) is 93.1 Å². The molecule has 1 N–H and O–H groups in total. The molecule has 0 radical (unpaired) electrons. The molecule has 0 aliphatic carbocycles. The lowest BCUT2D eigenvalue weighted by Gasteiger charge is -2.25.